The number of sulfonamides is 1. The van der Waals surface area contributed by atoms with E-state index < -0.39 is 10.0 Å². The molecule has 5 heteroatoms. The van der Waals surface area contributed by atoms with Crippen LogP contribution in [-0.4, -0.2) is 32.4 Å². The zero-order valence-electron chi connectivity index (χ0n) is 13.1. The smallest absolute Gasteiger partial charge is 0.243 e. The number of nitrogens with zero attached hydrogens (tertiary/aromatic N) is 1. The molecule has 0 aromatic heterocycles. The van der Waals surface area contributed by atoms with Gasteiger partial charge in [0.2, 0.25) is 10.0 Å². The van der Waals surface area contributed by atoms with E-state index in [1.54, 1.807) is 13.1 Å². The van der Waals surface area contributed by atoms with Crippen LogP contribution >= 0.6 is 0 Å². The zero-order valence-corrected chi connectivity index (χ0v) is 13.9. The van der Waals surface area contributed by atoms with Crippen LogP contribution < -0.4 is 5.32 Å². The second kappa shape index (κ2) is 7.20. The first kappa shape index (κ1) is 17.1. The molecule has 0 saturated heterocycles. The van der Waals surface area contributed by atoms with Gasteiger partial charge in [0.15, 0.2) is 0 Å². The van der Waals surface area contributed by atoms with Crippen LogP contribution in [0, 0.1) is 0 Å². The first-order chi connectivity index (χ1) is 9.32. The molecule has 0 heterocycles. The van der Waals surface area contributed by atoms with Crippen molar-refractivity contribution in [2.45, 2.75) is 51.6 Å². The Morgan fingerprint density at radius 1 is 1.25 bits per heavy atom. The SMILES string of the molecule is CCc1ccc(CNC(C)C)cc1S(=O)(=O)N(C)CC. The summed E-state index contributed by atoms with van der Waals surface area (Å²) in [6, 6.07) is 6.10. The minimum Gasteiger partial charge on any atom is -0.310 e. The number of hydrogen-bond donors (Lipinski definition) is 1. The fourth-order valence-corrected chi connectivity index (χ4v) is 3.42. The fraction of sp³-hybridized carbons (Fsp3) is 0.600. The second-order valence-corrected chi connectivity index (χ2v) is 7.26. The Hall–Kier alpha value is -0.910. The molecule has 0 aliphatic rings. The Morgan fingerprint density at radius 3 is 2.40 bits per heavy atom. The summed E-state index contributed by atoms with van der Waals surface area (Å²) in [5.41, 5.74) is 1.87. The van der Waals surface area contributed by atoms with Crippen molar-refractivity contribution in [2.75, 3.05) is 13.6 Å². The van der Waals surface area contributed by atoms with Crippen molar-refractivity contribution >= 4 is 10.0 Å². The normalized spacial score (nSPS) is 12.3. The lowest BCUT2D eigenvalue weighted by Gasteiger charge is -2.18. The van der Waals surface area contributed by atoms with Gasteiger partial charge in [0.05, 0.1) is 4.90 Å². The molecular weight excluding hydrogens is 272 g/mol. The topological polar surface area (TPSA) is 49.4 Å². The van der Waals surface area contributed by atoms with E-state index in [4.69, 9.17) is 0 Å². The molecule has 0 bridgehead atoms. The molecule has 0 unspecified atom stereocenters. The van der Waals surface area contributed by atoms with Gasteiger partial charge in [-0.15, -0.1) is 0 Å². The highest BCUT2D eigenvalue weighted by Crippen LogP contribution is 2.21. The van der Waals surface area contributed by atoms with Crippen molar-refractivity contribution in [1.29, 1.82) is 0 Å². The van der Waals surface area contributed by atoms with Crippen molar-refractivity contribution in [1.82, 2.24) is 9.62 Å². The minimum atomic E-state index is -3.39. The number of aryl methyl sites for hydroxylation is 1. The van der Waals surface area contributed by atoms with Crippen molar-refractivity contribution in [3.63, 3.8) is 0 Å². The summed E-state index contributed by atoms with van der Waals surface area (Å²) in [6.45, 7) is 9.12. The van der Waals surface area contributed by atoms with Crippen LogP contribution in [-0.2, 0) is 23.0 Å². The van der Waals surface area contributed by atoms with Gasteiger partial charge in [-0.25, -0.2) is 12.7 Å². The van der Waals surface area contributed by atoms with Gasteiger partial charge in [0.25, 0.3) is 0 Å². The van der Waals surface area contributed by atoms with Crippen LogP contribution in [0.3, 0.4) is 0 Å². The Balaban J connectivity index is 3.19. The molecule has 0 aliphatic heterocycles. The summed E-state index contributed by atoms with van der Waals surface area (Å²) in [6.07, 6.45) is 0.712. The fourth-order valence-electron chi connectivity index (χ4n) is 1.90. The summed E-state index contributed by atoms with van der Waals surface area (Å²) < 4.78 is 26.5. The average Bonchev–Trinajstić information content (AvgIpc) is 2.43. The van der Waals surface area contributed by atoms with Crippen molar-refractivity contribution in [3.8, 4) is 0 Å². The summed E-state index contributed by atoms with van der Waals surface area (Å²) in [5.74, 6) is 0. The zero-order chi connectivity index (χ0) is 15.3. The Labute approximate surface area is 123 Å². The van der Waals surface area contributed by atoms with Gasteiger partial charge >= 0.3 is 0 Å². The first-order valence-corrected chi connectivity index (χ1v) is 8.58. The predicted octanol–water partition coefficient (Wildman–Crippen LogP) is 2.39. The van der Waals surface area contributed by atoms with Crippen molar-refractivity contribution in [2.24, 2.45) is 0 Å². The minimum absolute atomic E-state index is 0.374. The van der Waals surface area contributed by atoms with Crippen LogP contribution in [0.1, 0.15) is 38.8 Å². The predicted molar refractivity (Wildman–Crippen MR) is 83.3 cm³/mol. The summed E-state index contributed by atoms with van der Waals surface area (Å²) in [5, 5.41) is 3.31. The third-order valence-corrected chi connectivity index (χ3v) is 5.38. The van der Waals surface area contributed by atoms with E-state index in [1.165, 1.54) is 4.31 Å². The molecule has 0 fully saturated rings. The highest BCUT2D eigenvalue weighted by Gasteiger charge is 2.22. The molecule has 20 heavy (non-hydrogen) atoms. The molecule has 0 amide bonds. The number of rotatable bonds is 7. The maximum absolute atomic E-state index is 12.5. The van der Waals surface area contributed by atoms with E-state index in [0.29, 0.717) is 30.4 Å². The third-order valence-electron chi connectivity index (χ3n) is 3.36. The highest BCUT2D eigenvalue weighted by molar-refractivity contribution is 7.89. The average molecular weight is 298 g/mol. The number of hydrogen-bond acceptors (Lipinski definition) is 3. The molecule has 0 aliphatic carbocycles. The van der Waals surface area contributed by atoms with Crippen LogP contribution in [0.15, 0.2) is 23.1 Å². The summed E-state index contributed by atoms with van der Waals surface area (Å²) in [4.78, 5) is 0.437. The van der Waals surface area contributed by atoms with Gasteiger partial charge in [-0.3, -0.25) is 0 Å². The van der Waals surface area contributed by atoms with Gasteiger partial charge in [-0.05, 0) is 23.6 Å². The van der Waals surface area contributed by atoms with Crippen LogP contribution in [0.2, 0.25) is 0 Å². The highest BCUT2D eigenvalue weighted by atomic mass is 32.2. The number of nitrogens with one attached hydrogen (secondary N) is 1. The van der Waals surface area contributed by atoms with E-state index in [0.717, 1.165) is 11.1 Å². The maximum Gasteiger partial charge on any atom is 0.243 e. The molecule has 114 valence electrons. The quantitative estimate of drug-likeness (QED) is 0.841. The number of benzene rings is 1. The first-order valence-electron chi connectivity index (χ1n) is 7.14. The molecule has 4 nitrogen and oxygen atoms in total. The van der Waals surface area contributed by atoms with Crippen LogP contribution in [0.4, 0.5) is 0 Å². The molecule has 1 aromatic rings. The standard InChI is InChI=1S/C15H26N2O2S/c1-6-14-9-8-13(11-16-12(3)4)10-15(14)20(18,19)17(5)7-2/h8-10,12,16H,6-7,11H2,1-5H3. The van der Waals surface area contributed by atoms with E-state index in [-0.39, 0.29) is 0 Å². The second-order valence-electron chi connectivity index (χ2n) is 5.25. The maximum atomic E-state index is 12.5. The van der Waals surface area contributed by atoms with Crippen LogP contribution in [0.5, 0.6) is 0 Å². The molecule has 0 spiro atoms. The lowest BCUT2D eigenvalue weighted by molar-refractivity contribution is 0.485. The summed E-state index contributed by atoms with van der Waals surface area (Å²) in [7, 11) is -1.77. The molecule has 1 N–H and O–H groups in total. The third kappa shape index (κ3) is 4.04. The molecule has 1 aromatic carbocycles. The van der Waals surface area contributed by atoms with Crippen molar-refractivity contribution in [3.05, 3.63) is 29.3 Å². The molecule has 0 radical (unpaired) electrons. The molecular formula is C15H26N2O2S. The lowest BCUT2D eigenvalue weighted by atomic mass is 10.1. The lowest BCUT2D eigenvalue weighted by Crippen LogP contribution is -2.28. The molecule has 1 rings (SSSR count). The Kier molecular flexibility index (Phi) is 6.17. The van der Waals surface area contributed by atoms with E-state index in [9.17, 15) is 8.42 Å². The molecule has 0 atom stereocenters. The molecule has 0 saturated carbocycles. The van der Waals surface area contributed by atoms with Gasteiger partial charge < -0.3 is 5.32 Å². The van der Waals surface area contributed by atoms with E-state index in [2.05, 4.69) is 19.2 Å². The van der Waals surface area contributed by atoms with E-state index >= 15 is 0 Å². The Bertz CT molecular complexity index is 539. The van der Waals surface area contributed by atoms with Gasteiger partial charge in [-0.2, -0.15) is 0 Å². The van der Waals surface area contributed by atoms with Gasteiger partial charge in [0, 0.05) is 26.2 Å². The van der Waals surface area contributed by atoms with Gasteiger partial charge in [-0.1, -0.05) is 39.8 Å². The Morgan fingerprint density at radius 2 is 1.90 bits per heavy atom. The summed E-state index contributed by atoms with van der Waals surface area (Å²) >= 11 is 0. The monoisotopic (exact) mass is 298 g/mol. The van der Waals surface area contributed by atoms with E-state index in [1.807, 2.05) is 26.0 Å². The van der Waals surface area contributed by atoms with Gasteiger partial charge in [0.1, 0.15) is 0 Å². The largest absolute Gasteiger partial charge is 0.310 e. The van der Waals surface area contributed by atoms with Crippen LogP contribution in [0.25, 0.3) is 0 Å². The van der Waals surface area contributed by atoms with Crippen molar-refractivity contribution < 1.29 is 8.42 Å².